The lowest BCUT2D eigenvalue weighted by Crippen LogP contribution is -2.59. The molecule has 0 aliphatic carbocycles. The van der Waals surface area contributed by atoms with E-state index in [9.17, 15) is 9.90 Å². The molecule has 5 rings (SSSR count). The van der Waals surface area contributed by atoms with Gasteiger partial charge >= 0.3 is 0 Å². The van der Waals surface area contributed by atoms with E-state index in [0.717, 1.165) is 5.56 Å². The summed E-state index contributed by atoms with van der Waals surface area (Å²) in [6.07, 6.45) is 0.901. The van der Waals surface area contributed by atoms with Crippen molar-refractivity contribution >= 4 is 23.5 Å². The smallest absolute Gasteiger partial charge is 0.280 e. The Bertz CT molecular complexity index is 1190. The Hall–Kier alpha value is -3.12. The molecule has 168 valence electrons. The fraction of sp³-hybridized carbons (Fsp3) is 0.429. The Kier molecular flexibility index (Phi) is 5.25. The molecule has 2 N–H and O–H groups in total. The lowest BCUT2D eigenvalue weighted by molar-refractivity contribution is -0.275. The van der Waals surface area contributed by atoms with Gasteiger partial charge < -0.3 is 24.2 Å². The molecule has 0 unspecified atom stereocenters. The molecule has 0 spiro atoms. The highest BCUT2D eigenvalue weighted by Gasteiger charge is 2.64. The molecule has 2 aromatic heterocycles. The molecule has 2 aliphatic rings. The molecule has 11 nitrogen and oxygen atoms in total. The first-order valence-electron chi connectivity index (χ1n) is 10.3. The molecule has 2 saturated heterocycles. The second kappa shape index (κ2) is 8.10. The van der Waals surface area contributed by atoms with Crippen LogP contribution in [0.2, 0.25) is 0 Å². The normalized spacial score (nSPS) is 27.0. The van der Waals surface area contributed by atoms with E-state index in [4.69, 9.17) is 14.2 Å². The molecule has 0 radical (unpaired) electrons. The summed E-state index contributed by atoms with van der Waals surface area (Å²) in [7, 11) is 3.63. The Labute approximate surface area is 183 Å². The molecular formula is C21H24N6O5. The van der Waals surface area contributed by atoms with E-state index in [1.807, 2.05) is 44.4 Å². The number of H-pyrrole nitrogens is 1. The van der Waals surface area contributed by atoms with Crippen LogP contribution in [0, 0.1) is 0 Å². The minimum absolute atomic E-state index is 0.146. The predicted octanol–water partition coefficient (Wildman–Crippen LogP) is 0.369. The van der Waals surface area contributed by atoms with Gasteiger partial charge in [0.1, 0.15) is 18.3 Å². The number of nitrogens with one attached hydrogen (secondary N) is 1. The number of aromatic amines is 1. The third-order valence-electron chi connectivity index (χ3n) is 5.57. The SMILES string of the molecule is CN(C)/C=N/c1nc2c(ncn2[C@@]23CO[C@@H]2[C@H](O)[C@@H](COCc2ccccc2)O3)c(=O)[nH]1. The van der Waals surface area contributed by atoms with Gasteiger partial charge in [-0.15, -0.1) is 0 Å². The van der Waals surface area contributed by atoms with Crippen molar-refractivity contribution in [3.63, 3.8) is 0 Å². The Balaban J connectivity index is 1.40. The summed E-state index contributed by atoms with van der Waals surface area (Å²) in [6, 6.07) is 9.77. The number of ether oxygens (including phenoxy) is 3. The first-order chi connectivity index (χ1) is 15.5. The topological polar surface area (TPSA) is 127 Å². The van der Waals surface area contributed by atoms with E-state index in [1.165, 1.54) is 12.7 Å². The summed E-state index contributed by atoms with van der Waals surface area (Å²) >= 11 is 0. The molecule has 0 saturated carbocycles. The molecule has 2 fully saturated rings. The van der Waals surface area contributed by atoms with E-state index < -0.39 is 29.6 Å². The quantitative estimate of drug-likeness (QED) is 0.399. The van der Waals surface area contributed by atoms with Gasteiger partial charge in [0.15, 0.2) is 16.9 Å². The second-order valence-corrected chi connectivity index (χ2v) is 8.11. The van der Waals surface area contributed by atoms with Crippen LogP contribution in [0.1, 0.15) is 5.56 Å². The van der Waals surface area contributed by atoms with Gasteiger partial charge in [-0.3, -0.25) is 14.3 Å². The third kappa shape index (κ3) is 3.48. The maximum atomic E-state index is 12.5. The monoisotopic (exact) mass is 440 g/mol. The van der Waals surface area contributed by atoms with Crippen LogP contribution in [0.25, 0.3) is 11.2 Å². The first kappa shape index (κ1) is 20.8. The van der Waals surface area contributed by atoms with Gasteiger partial charge in [-0.1, -0.05) is 30.3 Å². The van der Waals surface area contributed by atoms with Crippen LogP contribution in [0.5, 0.6) is 0 Å². The number of fused-ring (bicyclic) bond motifs is 2. The molecule has 2 aliphatic heterocycles. The average Bonchev–Trinajstić information content (AvgIpc) is 3.26. The van der Waals surface area contributed by atoms with Crippen LogP contribution in [0.15, 0.2) is 46.4 Å². The molecule has 1 aromatic carbocycles. The van der Waals surface area contributed by atoms with Gasteiger partial charge in [0.2, 0.25) is 5.95 Å². The molecule has 4 atom stereocenters. The number of aliphatic imine (C=N–C) groups is 1. The predicted molar refractivity (Wildman–Crippen MR) is 115 cm³/mol. The summed E-state index contributed by atoms with van der Waals surface area (Å²) in [6.45, 7) is 0.793. The lowest BCUT2D eigenvalue weighted by atomic mass is 9.98. The number of benzene rings is 1. The van der Waals surface area contributed by atoms with Crippen LogP contribution in [0.3, 0.4) is 0 Å². The van der Waals surface area contributed by atoms with E-state index in [2.05, 4.69) is 19.9 Å². The molecule has 0 amide bonds. The van der Waals surface area contributed by atoms with E-state index in [1.54, 1.807) is 9.47 Å². The highest BCUT2D eigenvalue weighted by Crippen LogP contribution is 2.46. The van der Waals surface area contributed by atoms with Crippen molar-refractivity contribution in [2.75, 3.05) is 27.3 Å². The molecule has 0 bridgehead atoms. The zero-order valence-corrected chi connectivity index (χ0v) is 17.7. The van der Waals surface area contributed by atoms with E-state index in [0.29, 0.717) is 12.3 Å². The summed E-state index contributed by atoms with van der Waals surface area (Å²) in [5, 5.41) is 10.8. The van der Waals surface area contributed by atoms with Gasteiger partial charge in [-0.05, 0) is 5.56 Å². The number of rotatable bonds is 7. The van der Waals surface area contributed by atoms with Crippen molar-refractivity contribution in [2.45, 2.75) is 30.6 Å². The second-order valence-electron chi connectivity index (χ2n) is 8.11. The van der Waals surface area contributed by atoms with Gasteiger partial charge in [0.05, 0.1) is 32.5 Å². The maximum Gasteiger partial charge on any atom is 0.280 e. The fourth-order valence-electron chi connectivity index (χ4n) is 3.98. The number of imidazole rings is 1. The zero-order valence-electron chi connectivity index (χ0n) is 17.7. The largest absolute Gasteiger partial charge is 0.387 e. The number of aliphatic hydroxyl groups is 1. The van der Waals surface area contributed by atoms with Gasteiger partial charge in [-0.25, -0.2) is 9.98 Å². The third-order valence-corrected chi connectivity index (χ3v) is 5.57. The number of aromatic nitrogens is 4. The van der Waals surface area contributed by atoms with Gasteiger partial charge in [0, 0.05) is 14.1 Å². The van der Waals surface area contributed by atoms with Gasteiger partial charge in [0.25, 0.3) is 5.56 Å². The summed E-state index contributed by atoms with van der Waals surface area (Å²) in [5.41, 5.74) is 0.0812. The minimum atomic E-state index is -1.02. The number of hydrogen-bond acceptors (Lipinski definition) is 8. The molecule has 32 heavy (non-hydrogen) atoms. The number of nitrogens with zero attached hydrogens (tertiary/aromatic N) is 5. The summed E-state index contributed by atoms with van der Waals surface area (Å²) in [5.74, 6) is 0.146. The molecule has 11 heteroatoms. The van der Waals surface area contributed by atoms with Crippen molar-refractivity contribution in [2.24, 2.45) is 4.99 Å². The highest BCUT2D eigenvalue weighted by molar-refractivity contribution is 5.71. The van der Waals surface area contributed by atoms with Crippen LogP contribution in [-0.2, 0) is 26.5 Å². The Morgan fingerprint density at radius 3 is 2.94 bits per heavy atom. The Morgan fingerprint density at radius 1 is 1.41 bits per heavy atom. The lowest BCUT2D eigenvalue weighted by Gasteiger charge is -2.44. The van der Waals surface area contributed by atoms with Crippen LogP contribution < -0.4 is 5.56 Å². The first-order valence-corrected chi connectivity index (χ1v) is 10.3. The highest BCUT2D eigenvalue weighted by atomic mass is 16.7. The van der Waals surface area contributed by atoms with Crippen LogP contribution in [-0.4, -0.2) is 81.5 Å². The van der Waals surface area contributed by atoms with Crippen molar-refractivity contribution in [3.05, 3.63) is 52.6 Å². The van der Waals surface area contributed by atoms with Crippen molar-refractivity contribution in [1.82, 2.24) is 24.4 Å². The van der Waals surface area contributed by atoms with E-state index >= 15 is 0 Å². The number of aliphatic hydroxyl groups excluding tert-OH is 1. The standard InChI is InChI=1S/C21H24N6O5/c1-26(2)11-23-20-24-18-15(19(29)25-20)22-12-27(18)21-10-31-17(21)16(28)14(32-21)9-30-8-13-6-4-3-5-7-13/h3-7,11-12,14,16-17,28H,8-10H2,1-2H3,(H,24,25,29)/b23-11+/t14-,16-,17-,21-/m1/s1. The maximum absolute atomic E-state index is 12.5. The zero-order chi connectivity index (χ0) is 22.3. The minimum Gasteiger partial charge on any atom is -0.387 e. The van der Waals surface area contributed by atoms with E-state index in [-0.39, 0.29) is 24.7 Å². The molecule has 3 aromatic rings. The Morgan fingerprint density at radius 2 is 2.22 bits per heavy atom. The van der Waals surface area contributed by atoms with Crippen LogP contribution >= 0.6 is 0 Å². The fourth-order valence-corrected chi connectivity index (χ4v) is 3.98. The molecule has 4 heterocycles. The van der Waals surface area contributed by atoms with Gasteiger partial charge in [-0.2, -0.15) is 4.98 Å². The number of hydrogen-bond donors (Lipinski definition) is 2. The average molecular weight is 440 g/mol. The van der Waals surface area contributed by atoms with Crippen molar-refractivity contribution in [3.8, 4) is 0 Å². The van der Waals surface area contributed by atoms with Crippen molar-refractivity contribution < 1.29 is 19.3 Å². The molecular weight excluding hydrogens is 416 g/mol. The summed E-state index contributed by atoms with van der Waals surface area (Å²) < 4.78 is 19.3. The van der Waals surface area contributed by atoms with Crippen molar-refractivity contribution in [1.29, 1.82) is 0 Å². The summed E-state index contributed by atoms with van der Waals surface area (Å²) in [4.78, 5) is 29.6. The van der Waals surface area contributed by atoms with Crippen LogP contribution in [0.4, 0.5) is 5.95 Å².